The Morgan fingerprint density at radius 2 is 1.92 bits per heavy atom. The number of aromatic nitrogens is 2. The number of ether oxygens (including phenoxy) is 2. The van der Waals surface area contributed by atoms with Gasteiger partial charge in [-0.15, -0.1) is 0 Å². The fourth-order valence-corrected chi connectivity index (χ4v) is 3.93. The average molecular weight is 379 g/mol. The van der Waals surface area contributed by atoms with Gasteiger partial charge in [-0.2, -0.15) is 8.42 Å². The molecule has 4 rings (SSSR count). The van der Waals surface area contributed by atoms with Crippen molar-refractivity contribution in [2.75, 3.05) is 31.3 Å². The molecule has 2 aliphatic rings. The van der Waals surface area contributed by atoms with Gasteiger partial charge < -0.3 is 14.4 Å². The predicted molar refractivity (Wildman–Crippen MR) is 96.3 cm³/mol. The number of hydrogen-bond donors (Lipinski definition) is 2. The first kappa shape index (κ1) is 17.3. The van der Waals surface area contributed by atoms with Gasteiger partial charge in [-0.05, 0) is 31.2 Å². The van der Waals surface area contributed by atoms with Crippen LogP contribution in [0.3, 0.4) is 0 Å². The molecule has 0 amide bonds. The largest absolute Gasteiger partial charge is 0.454 e. The molecule has 0 saturated carbocycles. The zero-order valence-electron chi connectivity index (χ0n) is 14.2. The topological polar surface area (TPSA) is 120 Å². The molecule has 0 radical (unpaired) electrons. The van der Waals surface area contributed by atoms with Gasteiger partial charge in [0.15, 0.2) is 11.5 Å². The lowest BCUT2D eigenvalue weighted by atomic mass is 9.93. The SMILES string of the molecule is NS(=O)(=O)NCCC1CCN(c2ncnc3cc4c(cc23)OCO4)CC1. The summed E-state index contributed by atoms with van der Waals surface area (Å²) in [6.07, 6.45) is 4.31. The van der Waals surface area contributed by atoms with Crippen LogP contribution in [0.15, 0.2) is 18.5 Å². The molecule has 0 unspecified atom stereocenters. The first-order valence-electron chi connectivity index (χ1n) is 8.56. The van der Waals surface area contributed by atoms with Gasteiger partial charge in [-0.25, -0.2) is 19.8 Å². The van der Waals surface area contributed by atoms with E-state index in [0.29, 0.717) is 18.2 Å². The molecule has 0 bridgehead atoms. The Labute approximate surface area is 151 Å². The van der Waals surface area contributed by atoms with Crippen LogP contribution in [0, 0.1) is 5.92 Å². The van der Waals surface area contributed by atoms with Crippen molar-refractivity contribution in [2.24, 2.45) is 11.1 Å². The number of fused-ring (bicyclic) bond motifs is 2. The second-order valence-corrected chi connectivity index (χ2v) is 7.96. The lowest BCUT2D eigenvalue weighted by Gasteiger charge is -2.33. The fraction of sp³-hybridized carbons (Fsp3) is 0.500. The molecular weight excluding hydrogens is 358 g/mol. The van der Waals surface area contributed by atoms with E-state index in [1.165, 1.54) is 0 Å². The van der Waals surface area contributed by atoms with Crippen molar-refractivity contribution in [1.82, 2.24) is 14.7 Å². The Morgan fingerprint density at radius 1 is 1.19 bits per heavy atom. The summed E-state index contributed by atoms with van der Waals surface area (Å²) < 4.78 is 35.1. The van der Waals surface area contributed by atoms with Crippen LogP contribution in [0.4, 0.5) is 5.82 Å². The Morgan fingerprint density at radius 3 is 2.65 bits per heavy atom. The molecule has 0 atom stereocenters. The highest BCUT2D eigenvalue weighted by Crippen LogP contribution is 2.38. The predicted octanol–water partition coefficient (Wildman–Crippen LogP) is 0.758. The molecule has 1 fully saturated rings. The highest BCUT2D eigenvalue weighted by molar-refractivity contribution is 7.87. The highest BCUT2D eigenvalue weighted by atomic mass is 32.2. The molecule has 140 valence electrons. The smallest absolute Gasteiger partial charge is 0.274 e. The Hall–Kier alpha value is -2.17. The molecule has 9 nitrogen and oxygen atoms in total. The summed E-state index contributed by atoms with van der Waals surface area (Å²) in [4.78, 5) is 11.1. The maximum absolute atomic E-state index is 10.9. The van der Waals surface area contributed by atoms with Gasteiger partial charge >= 0.3 is 0 Å². The highest BCUT2D eigenvalue weighted by Gasteiger charge is 2.23. The molecular formula is C16H21N5O4S. The van der Waals surface area contributed by atoms with Crippen LogP contribution >= 0.6 is 0 Å². The third-order valence-electron chi connectivity index (χ3n) is 4.88. The third kappa shape index (κ3) is 3.67. The molecule has 0 spiro atoms. The van der Waals surface area contributed by atoms with E-state index in [0.717, 1.165) is 54.8 Å². The number of rotatable bonds is 5. The van der Waals surface area contributed by atoms with Crippen LogP contribution in [-0.4, -0.2) is 44.8 Å². The normalized spacial score (nSPS) is 17.8. The van der Waals surface area contributed by atoms with Gasteiger partial charge in [0.25, 0.3) is 10.2 Å². The van der Waals surface area contributed by atoms with E-state index < -0.39 is 10.2 Å². The number of benzene rings is 1. The van der Waals surface area contributed by atoms with Crippen LogP contribution in [0.1, 0.15) is 19.3 Å². The van der Waals surface area contributed by atoms with E-state index in [1.807, 2.05) is 12.1 Å². The monoisotopic (exact) mass is 379 g/mol. The average Bonchev–Trinajstić information content (AvgIpc) is 3.06. The van der Waals surface area contributed by atoms with Gasteiger partial charge in [0, 0.05) is 31.1 Å². The number of piperidine rings is 1. The van der Waals surface area contributed by atoms with Gasteiger partial charge in [0.2, 0.25) is 6.79 Å². The number of nitrogens with one attached hydrogen (secondary N) is 1. The molecule has 1 saturated heterocycles. The third-order valence-corrected chi connectivity index (χ3v) is 5.49. The number of anilines is 1. The zero-order valence-corrected chi connectivity index (χ0v) is 15.0. The van der Waals surface area contributed by atoms with Crippen LogP contribution in [0.25, 0.3) is 10.9 Å². The second kappa shape index (κ2) is 6.86. The summed E-state index contributed by atoms with van der Waals surface area (Å²) >= 11 is 0. The van der Waals surface area contributed by atoms with Gasteiger partial charge in [-0.1, -0.05) is 0 Å². The lowest BCUT2D eigenvalue weighted by molar-refractivity contribution is 0.174. The zero-order chi connectivity index (χ0) is 18.1. The van der Waals surface area contributed by atoms with Crippen LogP contribution in [-0.2, 0) is 10.2 Å². The van der Waals surface area contributed by atoms with E-state index in [1.54, 1.807) is 6.33 Å². The molecule has 1 aromatic heterocycles. The number of nitrogens with zero attached hydrogens (tertiary/aromatic N) is 3. The van der Waals surface area contributed by atoms with Crippen LogP contribution in [0.5, 0.6) is 11.5 Å². The fourth-order valence-electron chi connectivity index (χ4n) is 3.52. The number of hydrogen-bond acceptors (Lipinski definition) is 7. The van der Waals surface area contributed by atoms with Crippen LogP contribution in [0.2, 0.25) is 0 Å². The van der Waals surface area contributed by atoms with Crippen molar-refractivity contribution < 1.29 is 17.9 Å². The molecule has 3 heterocycles. The summed E-state index contributed by atoms with van der Waals surface area (Å²) in [5.74, 6) is 2.80. The molecule has 1 aromatic carbocycles. The summed E-state index contributed by atoms with van der Waals surface area (Å²) in [5, 5.41) is 5.91. The minimum absolute atomic E-state index is 0.229. The summed E-state index contributed by atoms with van der Waals surface area (Å²) in [6.45, 7) is 2.33. The van der Waals surface area contributed by atoms with Gasteiger partial charge in [0.05, 0.1) is 5.52 Å². The second-order valence-electron chi connectivity index (χ2n) is 6.58. The van der Waals surface area contributed by atoms with Crippen LogP contribution < -0.4 is 24.2 Å². The van der Waals surface area contributed by atoms with Crippen molar-refractivity contribution in [2.45, 2.75) is 19.3 Å². The molecule has 10 heteroatoms. The number of nitrogens with two attached hydrogens (primary N) is 1. The molecule has 0 aliphatic carbocycles. The first-order valence-corrected chi connectivity index (χ1v) is 10.1. The standard InChI is InChI=1S/C16H21N5O4S/c17-26(22,23)20-4-1-11-2-5-21(6-3-11)16-12-7-14-15(25-10-24-14)8-13(12)18-9-19-16/h7-9,11,20H,1-6,10H2,(H2,17,22,23). The summed E-state index contributed by atoms with van der Waals surface area (Å²) in [6, 6.07) is 3.82. The lowest BCUT2D eigenvalue weighted by Crippen LogP contribution is -2.37. The summed E-state index contributed by atoms with van der Waals surface area (Å²) in [7, 11) is -3.61. The van der Waals surface area contributed by atoms with Crippen molar-refractivity contribution in [1.29, 1.82) is 0 Å². The maximum Gasteiger partial charge on any atom is 0.274 e. The quantitative estimate of drug-likeness (QED) is 0.787. The molecule has 2 aliphatic heterocycles. The van der Waals surface area contributed by atoms with Gasteiger partial charge in [0.1, 0.15) is 12.1 Å². The van der Waals surface area contributed by atoms with Crippen molar-refractivity contribution in [3.8, 4) is 11.5 Å². The maximum atomic E-state index is 10.9. The molecule has 26 heavy (non-hydrogen) atoms. The Bertz CT molecular complexity index is 912. The Kier molecular flexibility index (Phi) is 4.55. The van der Waals surface area contributed by atoms with Crippen molar-refractivity contribution in [3.05, 3.63) is 18.5 Å². The Balaban J connectivity index is 1.45. The van der Waals surface area contributed by atoms with E-state index in [4.69, 9.17) is 14.6 Å². The van der Waals surface area contributed by atoms with Crippen molar-refractivity contribution >= 4 is 26.9 Å². The van der Waals surface area contributed by atoms with E-state index in [2.05, 4.69) is 19.6 Å². The minimum Gasteiger partial charge on any atom is -0.454 e. The first-order chi connectivity index (χ1) is 12.5. The van der Waals surface area contributed by atoms with E-state index in [-0.39, 0.29) is 6.79 Å². The minimum atomic E-state index is -3.61. The van der Waals surface area contributed by atoms with E-state index >= 15 is 0 Å². The molecule has 3 N–H and O–H groups in total. The molecule has 2 aromatic rings. The van der Waals surface area contributed by atoms with Gasteiger partial charge in [-0.3, -0.25) is 0 Å². The summed E-state index contributed by atoms with van der Waals surface area (Å²) in [5.41, 5.74) is 0.832. The van der Waals surface area contributed by atoms with Crippen molar-refractivity contribution in [3.63, 3.8) is 0 Å². The van der Waals surface area contributed by atoms with E-state index in [9.17, 15) is 8.42 Å².